The van der Waals surface area contributed by atoms with Gasteiger partial charge < -0.3 is 0 Å². The summed E-state index contributed by atoms with van der Waals surface area (Å²) in [6.07, 6.45) is 7.98. The van der Waals surface area contributed by atoms with E-state index >= 15 is 0 Å². The number of unbranched alkanes of at least 4 members (excludes halogenated alkanes) is 4. The summed E-state index contributed by atoms with van der Waals surface area (Å²) in [4.78, 5) is 0.386. The van der Waals surface area contributed by atoms with E-state index in [1.165, 1.54) is 38.5 Å². The third-order valence-electron chi connectivity index (χ3n) is 1.97. The standard InChI is InChI=1S/C10H21O.Al/c1-3-5-6-7-8-9-10-11-4-2;/h10H,3-9H2,1-2H3;/q;+2. The van der Waals surface area contributed by atoms with Crippen molar-refractivity contribution in [1.29, 1.82) is 0 Å². The van der Waals surface area contributed by atoms with E-state index in [1.54, 1.807) is 0 Å². The molecule has 0 aromatic rings. The summed E-state index contributed by atoms with van der Waals surface area (Å²) in [5.41, 5.74) is 0. The Morgan fingerprint density at radius 3 is 2.33 bits per heavy atom. The minimum absolute atomic E-state index is 0.386. The third kappa shape index (κ3) is 8.59. The van der Waals surface area contributed by atoms with Crippen molar-refractivity contribution >= 4 is 16.3 Å². The van der Waals surface area contributed by atoms with E-state index in [0.29, 0.717) is 4.97 Å². The second-order valence-corrected chi connectivity index (χ2v) is 3.94. The van der Waals surface area contributed by atoms with Crippen LogP contribution >= 0.6 is 0 Å². The van der Waals surface area contributed by atoms with Crippen molar-refractivity contribution in [2.45, 2.75) is 57.3 Å². The fraction of sp³-hybridized carbons (Fsp3) is 1.00. The Labute approximate surface area is 85.3 Å². The first kappa shape index (κ1) is 12.5. The molecule has 0 amide bonds. The van der Waals surface area contributed by atoms with Crippen molar-refractivity contribution in [2.24, 2.45) is 0 Å². The Bertz CT molecular complexity index is 85.9. The molecule has 0 aromatic heterocycles. The molecule has 0 fully saturated rings. The number of hydrogen-bond donors (Lipinski definition) is 0. The second-order valence-electron chi connectivity index (χ2n) is 3.20. The molecule has 0 rings (SSSR count). The summed E-state index contributed by atoms with van der Waals surface area (Å²) in [7, 11) is 0. The molecule has 0 aliphatic rings. The molecule has 0 aromatic carbocycles. The summed E-state index contributed by atoms with van der Waals surface area (Å²) < 4.78 is 5.41. The van der Waals surface area contributed by atoms with Gasteiger partial charge >= 0.3 is 85.0 Å². The van der Waals surface area contributed by atoms with Gasteiger partial charge in [0.2, 0.25) is 0 Å². The summed E-state index contributed by atoms with van der Waals surface area (Å²) in [6.45, 7) is 5.13. The maximum atomic E-state index is 5.41. The Balaban J connectivity index is 2.97. The average Bonchev–Trinajstić information content (AvgIpc) is 2.05. The predicted octanol–water partition coefficient (Wildman–Crippen LogP) is 2.88. The Kier molecular flexibility index (Phi) is 9.97. The van der Waals surface area contributed by atoms with Gasteiger partial charge in [0.25, 0.3) is 0 Å². The molecule has 0 radical (unpaired) electrons. The van der Waals surface area contributed by atoms with E-state index in [0.717, 1.165) is 6.61 Å². The van der Waals surface area contributed by atoms with Gasteiger partial charge in [-0.15, -0.1) is 0 Å². The van der Waals surface area contributed by atoms with Crippen molar-refractivity contribution in [3.63, 3.8) is 0 Å². The molecule has 1 unspecified atom stereocenters. The molecule has 0 N–H and O–H groups in total. The molecular formula is C10H21AlO+2. The zero-order valence-electron chi connectivity index (χ0n) is 8.51. The first-order chi connectivity index (χ1) is 5.81. The molecule has 0 saturated heterocycles. The molecular weight excluding hydrogens is 163 g/mol. The third-order valence-corrected chi connectivity index (χ3v) is 2.50. The molecule has 12 heavy (non-hydrogen) atoms. The van der Waals surface area contributed by atoms with Crippen LogP contribution in [-0.2, 0) is 4.74 Å². The van der Waals surface area contributed by atoms with E-state index in [4.69, 9.17) is 4.74 Å². The van der Waals surface area contributed by atoms with E-state index in [2.05, 4.69) is 23.2 Å². The van der Waals surface area contributed by atoms with Crippen LogP contribution in [0.15, 0.2) is 0 Å². The summed E-state index contributed by atoms with van der Waals surface area (Å²) in [5.74, 6) is 0. The predicted molar refractivity (Wildman–Crippen MR) is 54.5 cm³/mol. The number of ether oxygens (including phenoxy) is 1. The van der Waals surface area contributed by atoms with Crippen LogP contribution in [0, 0.1) is 0 Å². The van der Waals surface area contributed by atoms with Crippen molar-refractivity contribution in [3.8, 4) is 0 Å². The molecule has 68 valence electrons. The monoisotopic (exact) mass is 184 g/mol. The average molecular weight is 184 g/mol. The number of rotatable bonds is 8. The zero-order chi connectivity index (χ0) is 9.23. The van der Waals surface area contributed by atoms with Crippen molar-refractivity contribution in [1.82, 2.24) is 0 Å². The van der Waals surface area contributed by atoms with Crippen LogP contribution in [0.4, 0.5) is 0 Å². The molecule has 0 aliphatic heterocycles. The van der Waals surface area contributed by atoms with Crippen LogP contribution in [0.5, 0.6) is 0 Å². The fourth-order valence-electron chi connectivity index (χ4n) is 1.25. The molecule has 0 aliphatic carbocycles. The van der Waals surface area contributed by atoms with Crippen LogP contribution in [0.2, 0.25) is 0 Å². The molecule has 0 spiro atoms. The SMILES string of the molecule is CCCCCCC[CH]([Al+2])OCC. The second kappa shape index (κ2) is 9.58. The van der Waals surface area contributed by atoms with Crippen molar-refractivity contribution < 1.29 is 4.74 Å². The van der Waals surface area contributed by atoms with E-state index in [9.17, 15) is 0 Å². The van der Waals surface area contributed by atoms with Crippen LogP contribution in [0.25, 0.3) is 0 Å². The molecule has 0 bridgehead atoms. The Morgan fingerprint density at radius 1 is 1.08 bits per heavy atom. The minimum atomic E-state index is 0.386. The summed E-state index contributed by atoms with van der Waals surface area (Å²) >= 11 is 2.75. The van der Waals surface area contributed by atoms with Crippen molar-refractivity contribution in [2.75, 3.05) is 6.61 Å². The van der Waals surface area contributed by atoms with Crippen LogP contribution in [-0.4, -0.2) is 27.9 Å². The topological polar surface area (TPSA) is 9.23 Å². The first-order valence-electron chi connectivity index (χ1n) is 5.18. The fourth-order valence-corrected chi connectivity index (χ4v) is 1.67. The van der Waals surface area contributed by atoms with Gasteiger partial charge in [0.1, 0.15) is 0 Å². The molecule has 1 atom stereocenters. The van der Waals surface area contributed by atoms with Gasteiger partial charge in [-0.2, -0.15) is 0 Å². The van der Waals surface area contributed by atoms with E-state index in [-0.39, 0.29) is 0 Å². The van der Waals surface area contributed by atoms with Gasteiger partial charge in [0.05, 0.1) is 0 Å². The van der Waals surface area contributed by atoms with Gasteiger partial charge in [-0.25, -0.2) is 0 Å². The van der Waals surface area contributed by atoms with E-state index < -0.39 is 0 Å². The molecule has 1 nitrogen and oxygen atoms in total. The van der Waals surface area contributed by atoms with Crippen molar-refractivity contribution in [3.05, 3.63) is 0 Å². The van der Waals surface area contributed by atoms with Gasteiger partial charge in [-0.1, -0.05) is 0 Å². The summed E-state index contributed by atoms with van der Waals surface area (Å²) in [6, 6.07) is 0. The van der Waals surface area contributed by atoms with Gasteiger partial charge in [0.15, 0.2) is 0 Å². The van der Waals surface area contributed by atoms with Crippen LogP contribution in [0.3, 0.4) is 0 Å². The van der Waals surface area contributed by atoms with Gasteiger partial charge in [0, 0.05) is 0 Å². The quantitative estimate of drug-likeness (QED) is 0.416. The van der Waals surface area contributed by atoms with E-state index in [1.807, 2.05) is 6.92 Å². The molecule has 0 saturated carbocycles. The normalized spacial score (nSPS) is 13.3. The number of hydrogen-bond acceptors (Lipinski definition) is 1. The zero-order valence-corrected chi connectivity index (χ0v) is 9.67. The van der Waals surface area contributed by atoms with Crippen LogP contribution < -0.4 is 0 Å². The first-order valence-corrected chi connectivity index (χ1v) is 5.85. The molecule has 2 heteroatoms. The van der Waals surface area contributed by atoms with Gasteiger partial charge in [-0.05, 0) is 0 Å². The van der Waals surface area contributed by atoms with Gasteiger partial charge in [-0.3, -0.25) is 0 Å². The summed E-state index contributed by atoms with van der Waals surface area (Å²) in [5, 5.41) is 0. The maximum absolute atomic E-state index is 5.41. The van der Waals surface area contributed by atoms with Crippen LogP contribution in [0.1, 0.15) is 52.4 Å². The Morgan fingerprint density at radius 2 is 1.75 bits per heavy atom. The Hall–Kier alpha value is 0.492. The molecule has 0 heterocycles.